The Balaban J connectivity index is 1.80. The minimum atomic E-state index is -2.49. The zero-order valence-electron chi connectivity index (χ0n) is 8.89. The fourth-order valence-corrected chi connectivity index (χ4v) is 2.20. The highest BCUT2D eigenvalue weighted by atomic mass is 31.1. The van der Waals surface area contributed by atoms with Crippen molar-refractivity contribution in [2.24, 2.45) is 0 Å². The molecule has 6 heteroatoms. The Labute approximate surface area is 95.3 Å². The molecule has 1 unspecified atom stereocenters. The normalized spacial score (nSPS) is 19.2. The number of nitrogens with one attached hydrogen (secondary N) is 1. The van der Waals surface area contributed by atoms with E-state index in [1.165, 1.54) is 0 Å². The predicted octanol–water partition coefficient (Wildman–Crippen LogP) is 1.29. The van der Waals surface area contributed by atoms with Gasteiger partial charge in [-0.05, 0) is 12.1 Å². The third-order valence-electron chi connectivity index (χ3n) is 2.22. The summed E-state index contributed by atoms with van der Waals surface area (Å²) >= 11 is 0. The SMILES string of the molecule is O=[PH](Oc1ccccc1)ON1CCNCC1. The van der Waals surface area contributed by atoms with E-state index < -0.39 is 8.25 Å². The van der Waals surface area contributed by atoms with E-state index in [2.05, 4.69) is 5.32 Å². The maximum absolute atomic E-state index is 11.6. The van der Waals surface area contributed by atoms with Crippen LogP contribution in [-0.4, -0.2) is 31.2 Å². The summed E-state index contributed by atoms with van der Waals surface area (Å²) in [6, 6.07) is 9.04. The molecule has 1 aliphatic heterocycles. The lowest BCUT2D eigenvalue weighted by Gasteiger charge is -2.25. The first kappa shape index (κ1) is 11.6. The molecule has 1 heterocycles. The van der Waals surface area contributed by atoms with Gasteiger partial charge in [0.25, 0.3) is 0 Å². The van der Waals surface area contributed by atoms with Gasteiger partial charge in [0.15, 0.2) is 0 Å². The number of hydroxylamine groups is 2. The molecule has 1 atom stereocenters. The molecular formula is C10H15N2O3P. The molecule has 0 saturated carbocycles. The van der Waals surface area contributed by atoms with E-state index in [1.807, 2.05) is 18.2 Å². The Morgan fingerprint density at radius 1 is 1.19 bits per heavy atom. The standard InChI is InChI=1S/C10H15N2O3P/c13-16(14-10-4-2-1-3-5-10)15-12-8-6-11-7-9-12/h1-5,11,16H,6-9H2. The van der Waals surface area contributed by atoms with Crippen molar-refractivity contribution in [1.29, 1.82) is 0 Å². The summed E-state index contributed by atoms with van der Waals surface area (Å²) in [5.74, 6) is 0.571. The Bertz CT molecular complexity index is 341. The second-order valence-corrected chi connectivity index (χ2v) is 4.32. The predicted molar refractivity (Wildman–Crippen MR) is 61.6 cm³/mol. The molecule has 5 nitrogen and oxygen atoms in total. The number of hydrogen-bond acceptors (Lipinski definition) is 5. The summed E-state index contributed by atoms with van der Waals surface area (Å²) in [7, 11) is -2.49. The zero-order chi connectivity index (χ0) is 11.2. The number of benzene rings is 1. The first-order valence-electron chi connectivity index (χ1n) is 5.25. The van der Waals surface area contributed by atoms with Crippen LogP contribution in [0.2, 0.25) is 0 Å². The van der Waals surface area contributed by atoms with E-state index in [0.717, 1.165) is 26.2 Å². The van der Waals surface area contributed by atoms with E-state index in [4.69, 9.17) is 9.15 Å². The summed E-state index contributed by atoms with van der Waals surface area (Å²) < 4.78 is 22.0. The fourth-order valence-electron chi connectivity index (χ4n) is 1.44. The van der Waals surface area contributed by atoms with Gasteiger partial charge in [-0.1, -0.05) is 18.2 Å². The van der Waals surface area contributed by atoms with Gasteiger partial charge in [-0.15, -0.1) is 0 Å². The number of nitrogens with zero attached hydrogens (tertiary/aromatic N) is 1. The number of para-hydroxylation sites is 1. The molecule has 2 rings (SSSR count). The zero-order valence-corrected chi connectivity index (χ0v) is 9.89. The lowest BCUT2D eigenvalue weighted by atomic mass is 10.3. The minimum absolute atomic E-state index is 0.571. The fraction of sp³-hybridized carbons (Fsp3) is 0.400. The van der Waals surface area contributed by atoms with E-state index >= 15 is 0 Å². The lowest BCUT2D eigenvalue weighted by molar-refractivity contribution is -0.0666. The van der Waals surface area contributed by atoms with Gasteiger partial charge in [0.2, 0.25) is 0 Å². The second-order valence-electron chi connectivity index (χ2n) is 3.44. The van der Waals surface area contributed by atoms with Gasteiger partial charge in [0.1, 0.15) is 5.75 Å². The Morgan fingerprint density at radius 3 is 2.56 bits per heavy atom. The Hall–Kier alpha value is -0.870. The maximum atomic E-state index is 11.6. The average Bonchev–Trinajstić information content (AvgIpc) is 2.31. The summed E-state index contributed by atoms with van der Waals surface area (Å²) in [6.45, 7) is 3.16. The molecule has 0 amide bonds. The van der Waals surface area contributed by atoms with Gasteiger partial charge in [0.05, 0.1) is 0 Å². The Morgan fingerprint density at radius 2 is 1.88 bits per heavy atom. The molecule has 1 aromatic rings. The van der Waals surface area contributed by atoms with Crippen LogP contribution in [0.15, 0.2) is 30.3 Å². The molecule has 0 bridgehead atoms. The molecule has 88 valence electrons. The van der Waals surface area contributed by atoms with Crippen LogP contribution in [0, 0.1) is 0 Å². The third-order valence-corrected chi connectivity index (χ3v) is 3.03. The van der Waals surface area contributed by atoms with Gasteiger partial charge < -0.3 is 9.84 Å². The van der Waals surface area contributed by atoms with Crippen molar-refractivity contribution < 1.29 is 13.7 Å². The quantitative estimate of drug-likeness (QED) is 0.806. The van der Waals surface area contributed by atoms with Crippen LogP contribution in [-0.2, 0) is 9.19 Å². The summed E-state index contributed by atoms with van der Waals surface area (Å²) in [5.41, 5.74) is 0. The molecular weight excluding hydrogens is 227 g/mol. The van der Waals surface area contributed by atoms with Crippen molar-refractivity contribution in [3.8, 4) is 5.75 Å². The van der Waals surface area contributed by atoms with E-state index in [1.54, 1.807) is 17.2 Å². The van der Waals surface area contributed by atoms with Gasteiger partial charge in [-0.2, -0.15) is 5.06 Å². The summed E-state index contributed by atoms with van der Waals surface area (Å²) in [4.78, 5) is 0. The van der Waals surface area contributed by atoms with E-state index in [-0.39, 0.29) is 0 Å². The van der Waals surface area contributed by atoms with Crippen molar-refractivity contribution in [3.05, 3.63) is 30.3 Å². The van der Waals surface area contributed by atoms with Crippen LogP contribution in [0.1, 0.15) is 0 Å². The lowest BCUT2D eigenvalue weighted by Crippen LogP contribution is -2.42. The molecule has 16 heavy (non-hydrogen) atoms. The number of piperazine rings is 1. The maximum Gasteiger partial charge on any atom is 0.384 e. The highest BCUT2D eigenvalue weighted by Gasteiger charge is 2.13. The molecule has 1 N–H and O–H groups in total. The highest BCUT2D eigenvalue weighted by molar-refractivity contribution is 7.33. The third kappa shape index (κ3) is 3.61. The number of hydrogen-bond donors (Lipinski definition) is 1. The van der Waals surface area contributed by atoms with Crippen molar-refractivity contribution in [1.82, 2.24) is 10.4 Å². The molecule has 0 aromatic heterocycles. The van der Waals surface area contributed by atoms with Crippen molar-refractivity contribution in [3.63, 3.8) is 0 Å². The van der Waals surface area contributed by atoms with Crippen LogP contribution < -0.4 is 9.84 Å². The van der Waals surface area contributed by atoms with Crippen LogP contribution in [0.4, 0.5) is 0 Å². The van der Waals surface area contributed by atoms with Crippen LogP contribution in [0.5, 0.6) is 5.75 Å². The first-order chi connectivity index (χ1) is 7.84. The van der Waals surface area contributed by atoms with E-state index in [9.17, 15) is 4.57 Å². The average molecular weight is 242 g/mol. The monoisotopic (exact) mass is 242 g/mol. The highest BCUT2D eigenvalue weighted by Crippen LogP contribution is 2.28. The topological polar surface area (TPSA) is 50.8 Å². The van der Waals surface area contributed by atoms with Gasteiger partial charge in [-0.3, -0.25) is 0 Å². The van der Waals surface area contributed by atoms with Gasteiger partial charge in [-0.25, -0.2) is 9.19 Å². The van der Waals surface area contributed by atoms with Gasteiger partial charge >= 0.3 is 8.25 Å². The van der Waals surface area contributed by atoms with Crippen molar-refractivity contribution in [2.75, 3.05) is 26.2 Å². The largest absolute Gasteiger partial charge is 0.425 e. The summed E-state index contributed by atoms with van der Waals surface area (Å²) in [5, 5.41) is 4.87. The Kier molecular flexibility index (Phi) is 4.36. The minimum Gasteiger partial charge on any atom is -0.425 e. The van der Waals surface area contributed by atoms with E-state index in [0.29, 0.717) is 5.75 Å². The van der Waals surface area contributed by atoms with Crippen LogP contribution >= 0.6 is 8.25 Å². The van der Waals surface area contributed by atoms with Gasteiger partial charge in [0, 0.05) is 26.2 Å². The second kappa shape index (κ2) is 6.01. The van der Waals surface area contributed by atoms with Crippen molar-refractivity contribution >= 4 is 8.25 Å². The van der Waals surface area contributed by atoms with Crippen LogP contribution in [0.3, 0.4) is 0 Å². The molecule has 1 aromatic carbocycles. The molecule has 1 aliphatic rings. The number of rotatable bonds is 4. The molecule has 0 radical (unpaired) electrons. The molecule has 1 fully saturated rings. The molecule has 0 aliphatic carbocycles. The molecule has 0 spiro atoms. The van der Waals surface area contributed by atoms with Crippen molar-refractivity contribution in [2.45, 2.75) is 0 Å². The first-order valence-corrected chi connectivity index (χ1v) is 6.47. The molecule has 1 saturated heterocycles. The summed E-state index contributed by atoms with van der Waals surface area (Å²) in [6.07, 6.45) is 0. The smallest absolute Gasteiger partial charge is 0.384 e. The van der Waals surface area contributed by atoms with Crippen LogP contribution in [0.25, 0.3) is 0 Å².